The minimum absolute atomic E-state index is 0.143. The molecule has 6 nitrogen and oxygen atoms in total. The molecule has 1 aromatic heterocycles. The van der Waals surface area contributed by atoms with Crippen LogP contribution < -0.4 is 15.9 Å². The summed E-state index contributed by atoms with van der Waals surface area (Å²) in [6, 6.07) is 10.1. The van der Waals surface area contributed by atoms with Crippen molar-refractivity contribution in [2.75, 3.05) is 23.4 Å². The quantitative estimate of drug-likeness (QED) is 0.395. The maximum Gasteiger partial charge on any atom is 0.250 e. The van der Waals surface area contributed by atoms with Crippen LogP contribution in [0.25, 0.3) is 0 Å². The summed E-state index contributed by atoms with van der Waals surface area (Å²) >= 11 is 0. The molecule has 2 rings (SSSR count). The van der Waals surface area contributed by atoms with Gasteiger partial charge in [-0.05, 0) is 43.2 Å². The molecule has 0 unspecified atom stereocenters. The average Bonchev–Trinajstić information content (AvgIpc) is 2.56. The van der Waals surface area contributed by atoms with Gasteiger partial charge in [-0.3, -0.25) is 10.2 Å². The molecule has 0 bridgehead atoms. The number of aromatic nitrogens is 1. The second kappa shape index (κ2) is 8.76. The van der Waals surface area contributed by atoms with Crippen molar-refractivity contribution in [1.29, 1.82) is 0 Å². The van der Waals surface area contributed by atoms with E-state index in [0.717, 1.165) is 37.3 Å². The van der Waals surface area contributed by atoms with E-state index < -0.39 is 0 Å². The van der Waals surface area contributed by atoms with Gasteiger partial charge in [0.1, 0.15) is 5.75 Å². The van der Waals surface area contributed by atoms with E-state index in [4.69, 9.17) is 0 Å². The van der Waals surface area contributed by atoms with Gasteiger partial charge in [0, 0.05) is 24.8 Å². The van der Waals surface area contributed by atoms with Gasteiger partial charge >= 0.3 is 0 Å². The number of pyridine rings is 1. The van der Waals surface area contributed by atoms with Crippen LogP contribution in [0.1, 0.15) is 32.4 Å². The van der Waals surface area contributed by atoms with Gasteiger partial charge < -0.3 is 15.0 Å². The summed E-state index contributed by atoms with van der Waals surface area (Å²) in [6.45, 7) is 6.08. The highest BCUT2D eigenvalue weighted by Crippen LogP contribution is 2.14. The zero-order valence-corrected chi connectivity index (χ0v) is 14.1. The van der Waals surface area contributed by atoms with Gasteiger partial charge in [-0.15, -0.1) is 0 Å². The summed E-state index contributed by atoms with van der Waals surface area (Å²) in [7, 11) is 0. The fourth-order valence-electron chi connectivity index (χ4n) is 2.42. The van der Waals surface area contributed by atoms with Gasteiger partial charge in [-0.1, -0.05) is 13.8 Å². The van der Waals surface area contributed by atoms with Crippen molar-refractivity contribution in [3.8, 4) is 5.75 Å². The fraction of sp³-hybridized carbons (Fsp3) is 0.333. The van der Waals surface area contributed by atoms with Gasteiger partial charge in [-0.2, -0.15) is 5.10 Å². The SMILES string of the molecule is CCCN(CCC)c1cc(/C=N/Nc2ccc(O)cc2)[nH]c(=O)c1. The second-order valence-corrected chi connectivity index (χ2v) is 5.56. The summed E-state index contributed by atoms with van der Waals surface area (Å²) in [5, 5.41) is 13.4. The summed E-state index contributed by atoms with van der Waals surface area (Å²) in [5.74, 6) is 0.202. The number of nitrogens with zero attached hydrogens (tertiary/aromatic N) is 2. The minimum Gasteiger partial charge on any atom is -0.508 e. The van der Waals surface area contributed by atoms with Crippen molar-refractivity contribution in [2.24, 2.45) is 5.10 Å². The van der Waals surface area contributed by atoms with Gasteiger partial charge in [0.2, 0.25) is 5.56 Å². The maximum absolute atomic E-state index is 11.9. The molecule has 0 saturated heterocycles. The molecule has 128 valence electrons. The van der Waals surface area contributed by atoms with Crippen LogP contribution in [0, 0.1) is 0 Å². The number of benzene rings is 1. The zero-order chi connectivity index (χ0) is 17.4. The zero-order valence-electron chi connectivity index (χ0n) is 14.1. The number of hydrazone groups is 1. The van der Waals surface area contributed by atoms with Crippen LogP contribution in [0.15, 0.2) is 46.3 Å². The molecular formula is C18H24N4O2. The van der Waals surface area contributed by atoms with Crippen LogP contribution in [-0.2, 0) is 0 Å². The number of H-pyrrole nitrogens is 1. The molecule has 0 aliphatic rings. The summed E-state index contributed by atoms with van der Waals surface area (Å²) in [6.07, 6.45) is 3.63. The van der Waals surface area contributed by atoms with Crippen molar-refractivity contribution in [3.63, 3.8) is 0 Å². The van der Waals surface area contributed by atoms with Crippen molar-refractivity contribution >= 4 is 17.6 Å². The minimum atomic E-state index is -0.143. The van der Waals surface area contributed by atoms with Gasteiger partial charge in [0.05, 0.1) is 17.6 Å². The van der Waals surface area contributed by atoms with Crippen LogP contribution in [-0.4, -0.2) is 29.4 Å². The second-order valence-electron chi connectivity index (χ2n) is 5.56. The normalized spacial score (nSPS) is 10.9. The Bertz CT molecular complexity index is 717. The Hall–Kier alpha value is -2.76. The van der Waals surface area contributed by atoms with E-state index in [-0.39, 0.29) is 11.3 Å². The predicted octanol–water partition coefficient (Wildman–Crippen LogP) is 3.15. The van der Waals surface area contributed by atoms with E-state index in [1.807, 2.05) is 6.07 Å². The molecule has 24 heavy (non-hydrogen) atoms. The van der Waals surface area contributed by atoms with Crippen molar-refractivity contribution in [2.45, 2.75) is 26.7 Å². The molecule has 0 amide bonds. The highest BCUT2D eigenvalue weighted by atomic mass is 16.3. The molecule has 2 aromatic rings. The lowest BCUT2D eigenvalue weighted by atomic mass is 10.2. The van der Waals surface area contributed by atoms with E-state index in [2.05, 4.69) is 34.3 Å². The van der Waals surface area contributed by atoms with Crippen LogP contribution in [0.5, 0.6) is 5.75 Å². The van der Waals surface area contributed by atoms with E-state index >= 15 is 0 Å². The molecule has 0 fully saturated rings. The topological polar surface area (TPSA) is 80.7 Å². The number of hydrogen-bond acceptors (Lipinski definition) is 5. The third-order valence-corrected chi connectivity index (χ3v) is 3.47. The molecule has 0 spiro atoms. The molecule has 0 saturated carbocycles. The third kappa shape index (κ3) is 5.15. The number of aromatic hydroxyl groups is 1. The number of phenols is 1. The summed E-state index contributed by atoms with van der Waals surface area (Å²) in [5.41, 5.74) is 5.02. The number of aromatic amines is 1. The Kier molecular flexibility index (Phi) is 6.42. The van der Waals surface area contributed by atoms with Crippen molar-refractivity contribution < 1.29 is 5.11 Å². The first-order valence-corrected chi connectivity index (χ1v) is 8.19. The number of anilines is 2. The highest BCUT2D eigenvalue weighted by Gasteiger charge is 2.06. The predicted molar refractivity (Wildman–Crippen MR) is 99.2 cm³/mol. The number of hydrogen-bond donors (Lipinski definition) is 3. The molecule has 3 N–H and O–H groups in total. The van der Waals surface area contributed by atoms with E-state index in [9.17, 15) is 9.90 Å². The number of rotatable bonds is 8. The molecule has 0 radical (unpaired) electrons. The first-order valence-electron chi connectivity index (χ1n) is 8.19. The summed E-state index contributed by atoms with van der Waals surface area (Å²) < 4.78 is 0. The Morgan fingerprint density at radius 3 is 2.46 bits per heavy atom. The van der Waals surface area contributed by atoms with Gasteiger partial charge in [-0.25, -0.2) is 0 Å². The standard InChI is InChI=1S/C18H24N4O2/c1-3-9-22(10-4-2)16-11-15(20-18(24)12-16)13-19-21-14-5-7-17(23)8-6-14/h5-8,11-13,21,23H,3-4,9-10H2,1-2H3,(H,20,24)/b19-13+. The lowest BCUT2D eigenvalue weighted by Crippen LogP contribution is -2.26. The fourth-order valence-corrected chi connectivity index (χ4v) is 2.42. The van der Waals surface area contributed by atoms with Crippen molar-refractivity contribution in [3.05, 3.63) is 52.4 Å². The molecule has 0 aliphatic heterocycles. The molecular weight excluding hydrogens is 304 g/mol. The lowest BCUT2D eigenvalue weighted by Gasteiger charge is -2.23. The van der Waals surface area contributed by atoms with E-state index in [0.29, 0.717) is 5.69 Å². The van der Waals surface area contributed by atoms with Crippen LogP contribution in [0.4, 0.5) is 11.4 Å². The van der Waals surface area contributed by atoms with Gasteiger partial charge in [0.15, 0.2) is 0 Å². The van der Waals surface area contributed by atoms with E-state index in [1.165, 1.54) is 0 Å². The summed E-state index contributed by atoms with van der Waals surface area (Å²) in [4.78, 5) is 16.9. The molecule has 1 aromatic carbocycles. The Morgan fingerprint density at radius 1 is 1.17 bits per heavy atom. The Balaban J connectivity index is 2.13. The Morgan fingerprint density at radius 2 is 1.83 bits per heavy atom. The monoisotopic (exact) mass is 328 g/mol. The number of phenolic OH excluding ortho intramolecular Hbond substituents is 1. The van der Waals surface area contributed by atoms with Crippen LogP contribution in [0.3, 0.4) is 0 Å². The first kappa shape index (κ1) is 17.6. The maximum atomic E-state index is 11.9. The first-order chi connectivity index (χ1) is 11.6. The van der Waals surface area contributed by atoms with Gasteiger partial charge in [0.25, 0.3) is 0 Å². The highest BCUT2D eigenvalue weighted by molar-refractivity contribution is 5.79. The largest absolute Gasteiger partial charge is 0.508 e. The smallest absolute Gasteiger partial charge is 0.250 e. The molecule has 6 heteroatoms. The van der Waals surface area contributed by atoms with Crippen molar-refractivity contribution in [1.82, 2.24) is 4.98 Å². The number of nitrogens with one attached hydrogen (secondary N) is 2. The average molecular weight is 328 g/mol. The molecule has 1 heterocycles. The van der Waals surface area contributed by atoms with E-state index in [1.54, 1.807) is 36.5 Å². The Labute approximate surface area is 141 Å². The van der Waals surface area contributed by atoms with Crippen LogP contribution >= 0.6 is 0 Å². The third-order valence-electron chi connectivity index (χ3n) is 3.47. The lowest BCUT2D eigenvalue weighted by molar-refractivity contribution is 0.475. The molecule has 0 aliphatic carbocycles. The molecule has 0 atom stereocenters. The van der Waals surface area contributed by atoms with Crippen LogP contribution in [0.2, 0.25) is 0 Å².